The van der Waals surface area contributed by atoms with Gasteiger partial charge in [0, 0.05) is 11.9 Å². The Morgan fingerprint density at radius 2 is 2.12 bits per heavy atom. The molecule has 1 amide bonds. The number of ether oxygens (including phenoxy) is 1. The minimum absolute atomic E-state index is 0.0444. The molecule has 0 aliphatic rings. The third kappa shape index (κ3) is 5.59. The zero-order valence-electron chi connectivity index (χ0n) is 9.99. The highest BCUT2D eigenvalue weighted by atomic mass is 35.5. The van der Waals surface area contributed by atoms with Crippen molar-refractivity contribution in [2.45, 2.75) is 25.8 Å². The number of hydrogen-bond acceptors (Lipinski definition) is 2. The molecule has 0 aromatic heterocycles. The van der Waals surface area contributed by atoms with E-state index in [1.54, 1.807) is 0 Å². The van der Waals surface area contributed by atoms with Crippen molar-refractivity contribution in [2.24, 2.45) is 0 Å². The monoisotopic (exact) mass is 255 g/mol. The Hall–Kier alpha value is -1.22. The van der Waals surface area contributed by atoms with Gasteiger partial charge in [0.1, 0.15) is 5.75 Å². The zero-order valence-corrected chi connectivity index (χ0v) is 10.7. The number of carbonyl (C=O) groups is 1. The second-order valence-electron chi connectivity index (χ2n) is 3.75. The van der Waals surface area contributed by atoms with Gasteiger partial charge in [0.15, 0.2) is 6.61 Å². The minimum Gasteiger partial charge on any atom is -0.484 e. The van der Waals surface area contributed by atoms with Crippen LogP contribution in [0.25, 0.3) is 0 Å². The molecule has 3 nitrogen and oxygen atoms in total. The first-order valence-corrected chi connectivity index (χ1v) is 6.33. The topological polar surface area (TPSA) is 38.3 Å². The first-order valence-electron chi connectivity index (χ1n) is 5.79. The molecule has 1 aromatic rings. The number of rotatable bonds is 7. The summed E-state index contributed by atoms with van der Waals surface area (Å²) in [5, 5.41) is 2.89. The Balaban J connectivity index is 2.30. The average Bonchev–Trinajstić information content (AvgIpc) is 2.37. The van der Waals surface area contributed by atoms with Crippen molar-refractivity contribution in [3.05, 3.63) is 30.3 Å². The standard InChI is InChI=1S/C13H18ClNO2/c1-2-11(8-9-14)15-13(16)10-17-12-6-4-3-5-7-12/h3-7,11H,2,8-10H2,1H3,(H,15,16). The highest BCUT2D eigenvalue weighted by Gasteiger charge is 2.09. The lowest BCUT2D eigenvalue weighted by Gasteiger charge is -2.15. The summed E-state index contributed by atoms with van der Waals surface area (Å²) in [7, 11) is 0. The van der Waals surface area contributed by atoms with E-state index < -0.39 is 0 Å². The molecule has 0 aliphatic carbocycles. The second kappa shape index (κ2) is 7.96. The molecule has 0 radical (unpaired) electrons. The van der Waals surface area contributed by atoms with Crippen LogP contribution in [0.2, 0.25) is 0 Å². The molecule has 17 heavy (non-hydrogen) atoms. The number of alkyl halides is 1. The van der Waals surface area contributed by atoms with Crippen molar-refractivity contribution in [1.29, 1.82) is 0 Å². The minimum atomic E-state index is -0.106. The van der Waals surface area contributed by atoms with Gasteiger partial charge in [0.2, 0.25) is 0 Å². The second-order valence-corrected chi connectivity index (χ2v) is 4.13. The fraction of sp³-hybridized carbons (Fsp3) is 0.462. The third-order valence-corrected chi connectivity index (χ3v) is 2.65. The molecule has 0 heterocycles. The van der Waals surface area contributed by atoms with Crippen molar-refractivity contribution in [2.75, 3.05) is 12.5 Å². The highest BCUT2D eigenvalue weighted by molar-refractivity contribution is 6.17. The summed E-state index contributed by atoms with van der Waals surface area (Å²) in [5.41, 5.74) is 0. The van der Waals surface area contributed by atoms with Gasteiger partial charge in [-0.1, -0.05) is 25.1 Å². The Morgan fingerprint density at radius 1 is 1.41 bits per heavy atom. The van der Waals surface area contributed by atoms with Gasteiger partial charge in [-0.2, -0.15) is 0 Å². The van der Waals surface area contributed by atoms with Gasteiger partial charge in [-0.25, -0.2) is 0 Å². The molecule has 94 valence electrons. The number of hydrogen-bond donors (Lipinski definition) is 1. The SMILES string of the molecule is CCC(CCCl)NC(=O)COc1ccccc1. The molecule has 0 saturated carbocycles. The van der Waals surface area contributed by atoms with Crippen molar-refractivity contribution < 1.29 is 9.53 Å². The Morgan fingerprint density at radius 3 is 2.71 bits per heavy atom. The van der Waals surface area contributed by atoms with E-state index in [0.717, 1.165) is 12.8 Å². The molecule has 0 bridgehead atoms. The summed E-state index contributed by atoms with van der Waals surface area (Å²) >= 11 is 5.65. The van der Waals surface area contributed by atoms with E-state index in [1.165, 1.54) is 0 Å². The fourth-order valence-electron chi connectivity index (χ4n) is 1.44. The predicted molar refractivity (Wildman–Crippen MR) is 69.5 cm³/mol. The lowest BCUT2D eigenvalue weighted by molar-refractivity contribution is -0.123. The first kappa shape index (κ1) is 13.8. The largest absolute Gasteiger partial charge is 0.484 e. The van der Waals surface area contributed by atoms with Crippen molar-refractivity contribution >= 4 is 17.5 Å². The van der Waals surface area contributed by atoms with Gasteiger partial charge in [-0.05, 0) is 25.0 Å². The molecular formula is C13H18ClNO2. The smallest absolute Gasteiger partial charge is 0.258 e. The van der Waals surface area contributed by atoms with E-state index in [2.05, 4.69) is 5.32 Å². The molecule has 0 saturated heterocycles. The molecule has 1 N–H and O–H groups in total. The van der Waals surface area contributed by atoms with Crippen LogP contribution in [0, 0.1) is 0 Å². The Bertz CT molecular complexity index is 329. The quantitative estimate of drug-likeness (QED) is 0.761. The van der Waals surface area contributed by atoms with Crippen molar-refractivity contribution in [1.82, 2.24) is 5.32 Å². The fourth-order valence-corrected chi connectivity index (χ4v) is 1.71. The van der Waals surface area contributed by atoms with Crippen molar-refractivity contribution in [3.8, 4) is 5.75 Å². The van der Waals surface area contributed by atoms with E-state index >= 15 is 0 Å². The van der Waals surface area contributed by atoms with Crippen LogP contribution in [0.3, 0.4) is 0 Å². The number of amides is 1. The third-order valence-electron chi connectivity index (χ3n) is 2.43. The molecule has 1 unspecified atom stereocenters. The lowest BCUT2D eigenvalue weighted by atomic mass is 10.2. The average molecular weight is 256 g/mol. The molecular weight excluding hydrogens is 238 g/mol. The molecule has 1 rings (SSSR count). The number of benzene rings is 1. The summed E-state index contributed by atoms with van der Waals surface area (Å²) in [5.74, 6) is 1.15. The first-order chi connectivity index (χ1) is 8.26. The number of halogens is 1. The van der Waals surface area contributed by atoms with Crippen LogP contribution in [-0.4, -0.2) is 24.4 Å². The molecule has 0 spiro atoms. The van der Waals surface area contributed by atoms with Crippen LogP contribution >= 0.6 is 11.6 Å². The summed E-state index contributed by atoms with van der Waals surface area (Å²) < 4.78 is 5.35. The van der Waals surface area contributed by atoms with Gasteiger partial charge in [-0.3, -0.25) is 4.79 Å². The Kier molecular flexibility index (Phi) is 6.48. The molecule has 1 aromatic carbocycles. The van der Waals surface area contributed by atoms with Crippen LogP contribution in [0.5, 0.6) is 5.75 Å². The maximum absolute atomic E-state index is 11.6. The highest BCUT2D eigenvalue weighted by Crippen LogP contribution is 2.07. The maximum atomic E-state index is 11.6. The van der Waals surface area contributed by atoms with Crippen molar-refractivity contribution in [3.63, 3.8) is 0 Å². The lowest BCUT2D eigenvalue weighted by Crippen LogP contribution is -2.37. The summed E-state index contributed by atoms with van der Waals surface area (Å²) in [4.78, 5) is 11.6. The molecule has 4 heteroatoms. The van der Waals surface area contributed by atoms with Crippen LogP contribution in [0.4, 0.5) is 0 Å². The molecule has 0 fully saturated rings. The zero-order chi connectivity index (χ0) is 12.5. The summed E-state index contributed by atoms with van der Waals surface area (Å²) in [6.07, 6.45) is 1.67. The molecule has 0 aliphatic heterocycles. The maximum Gasteiger partial charge on any atom is 0.258 e. The normalized spacial score (nSPS) is 11.9. The van der Waals surface area contributed by atoms with Gasteiger partial charge in [-0.15, -0.1) is 11.6 Å². The summed E-state index contributed by atoms with van der Waals surface area (Å²) in [6, 6.07) is 9.43. The van der Waals surface area contributed by atoms with E-state index in [0.29, 0.717) is 11.6 Å². The van der Waals surface area contributed by atoms with Gasteiger partial charge < -0.3 is 10.1 Å². The van der Waals surface area contributed by atoms with Crippen LogP contribution in [-0.2, 0) is 4.79 Å². The molecule has 1 atom stereocenters. The van der Waals surface area contributed by atoms with Gasteiger partial charge in [0.05, 0.1) is 0 Å². The van der Waals surface area contributed by atoms with E-state index in [-0.39, 0.29) is 18.6 Å². The Labute approximate surface area is 107 Å². The predicted octanol–water partition coefficient (Wildman–Crippen LogP) is 2.59. The number of nitrogens with one attached hydrogen (secondary N) is 1. The van der Waals surface area contributed by atoms with E-state index in [4.69, 9.17) is 16.3 Å². The van der Waals surface area contributed by atoms with Crippen LogP contribution in [0.15, 0.2) is 30.3 Å². The van der Waals surface area contributed by atoms with Crippen LogP contribution < -0.4 is 10.1 Å². The number of para-hydroxylation sites is 1. The van der Waals surface area contributed by atoms with E-state index in [9.17, 15) is 4.79 Å². The van der Waals surface area contributed by atoms with Gasteiger partial charge in [0.25, 0.3) is 5.91 Å². The van der Waals surface area contributed by atoms with Crippen LogP contribution in [0.1, 0.15) is 19.8 Å². The summed E-state index contributed by atoms with van der Waals surface area (Å²) in [6.45, 7) is 2.07. The van der Waals surface area contributed by atoms with E-state index in [1.807, 2.05) is 37.3 Å². The van der Waals surface area contributed by atoms with Gasteiger partial charge >= 0.3 is 0 Å². The number of carbonyl (C=O) groups excluding carboxylic acids is 1.